The van der Waals surface area contributed by atoms with Crippen LogP contribution >= 0.6 is 0 Å². The first-order chi connectivity index (χ1) is 15.2. The molecule has 3 aromatic carbocycles. The number of nitrogens with zero attached hydrogens (tertiary/aromatic N) is 1. The Hall–Kier alpha value is -3.43. The highest BCUT2D eigenvalue weighted by molar-refractivity contribution is 7.89. The summed E-state index contributed by atoms with van der Waals surface area (Å²) in [5.41, 5.74) is 1.42. The van der Waals surface area contributed by atoms with E-state index in [2.05, 4.69) is 5.32 Å². The molecule has 0 spiro atoms. The number of benzene rings is 3. The number of anilines is 1. The third-order valence-corrected chi connectivity index (χ3v) is 6.41. The maximum atomic E-state index is 13.3. The Morgan fingerprint density at radius 1 is 1.03 bits per heavy atom. The van der Waals surface area contributed by atoms with Crippen molar-refractivity contribution in [1.29, 1.82) is 0 Å². The van der Waals surface area contributed by atoms with E-state index in [-0.39, 0.29) is 22.8 Å². The molecule has 0 unspecified atom stereocenters. The molecule has 0 heterocycles. The highest BCUT2D eigenvalue weighted by atomic mass is 32.2. The van der Waals surface area contributed by atoms with Gasteiger partial charge in [0.15, 0.2) is 0 Å². The number of sulfonamides is 1. The highest BCUT2D eigenvalue weighted by Crippen LogP contribution is 2.27. The van der Waals surface area contributed by atoms with Crippen LogP contribution in [0.2, 0.25) is 0 Å². The summed E-state index contributed by atoms with van der Waals surface area (Å²) in [7, 11) is 0.359. The molecule has 1 N–H and O–H groups in total. The fourth-order valence-electron chi connectivity index (χ4n) is 2.88. The van der Waals surface area contributed by atoms with Crippen LogP contribution in [0.5, 0.6) is 11.5 Å². The Kier molecular flexibility index (Phi) is 7.12. The number of carbonyl (C=O) groups excluding carboxylic acids is 1. The van der Waals surface area contributed by atoms with Gasteiger partial charge in [0.05, 0.1) is 7.11 Å². The first-order valence-corrected chi connectivity index (χ1v) is 11.0. The summed E-state index contributed by atoms with van der Waals surface area (Å²) in [5, 5.41) is 2.75. The third kappa shape index (κ3) is 5.43. The first-order valence-electron chi connectivity index (χ1n) is 9.60. The second-order valence-corrected chi connectivity index (χ2v) is 9.17. The SMILES string of the molecule is COc1ccc(C(=O)Nc2cccc(COc3cccc(F)c3)c2)cc1S(=O)(=O)N(C)C. The van der Waals surface area contributed by atoms with Gasteiger partial charge in [-0.15, -0.1) is 0 Å². The van der Waals surface area contributed by atoms with Crippen molar-refractivity contribution in [2.45, 2.75) is 11.5 Å². The van der Waals surface area contributed by atoms with Gasteiger partial charge in [-0.2, -0.15) is 0 Å². The lowest BCUT2D eigenvalue weighted by atomic mass is 10.1. The Morgan fingerprint density at radius 3 is 2.47 bits per heavy atom. The topological polar surface area (TPSA) is 84.9 Å². The van der Waals surface area contributed by atoms with Crippen molar-refractivity contribution >= 4 is 21.6 Å². The minimum absolute atomic E-state index is 0.102. The second-order valence-electron chi connectivity index (χ2n) is 7.05. The molecule has 3 rings (SSSR count). The molecule has 7 nitrogen and oxygen atoms in total. The zero-order valence-electron chi connectivity index (χ0n) is 17.8. The minimum atomic E-state index is -3.81. The number of hydrogen-bond acceptors (Lipinski definition) is 5. The molecular formula is C23H23FN2O5S. The number of halogens is 1. The number of carbonyl (C=O) groups is 1. The van der Waals surface area contributed by atoms with E-state index in [4.69, 9.17) is 9.47 Å². The van der Waals surface area contributed by atoms with Crippen molar-refractivity contribution in [3.8, 4) is 11.5 Å². The van der Waals surface area contributed by atoms with Gasteiger partial charge in [-0.3, -0.25) is 4.79 Å². The van der Waals surface area contributed by atoms with Gasteiger partial charge in [-0.1, -0.05) is 18.2 Å². The summed E-state index contributed by atoms with van der Waals surface area (Å²) < 4.78 is 50.2. The van der Waals surface area contributed by atoms with Crippen molar-refractivity contribution in [1.82, 2.24) is 4.31 Å². The molecule has 0 radical (unpaired) electrons. The Morgan fingerprint density at radius 2 is 1.78 bits per heavy atom. The molecule has 0 bridgehead atoms. The molecule has 9 heteroatoms. The van der Waals surface area contributed by atoms with Crippen molar-refractivity contribution in [2.75, 3.05) is 26.5 Å². The van der Waals surface area contributed by atoms with E-state index in [1.807, 2.05) is 6.07 Å². The lowest BCUT2D eigenvalue weighted by molar-refractivity contribution is 0.102. The van der Waals surface area contributed by atoms with Gasteiger partial charge < -0.3 is 14.8 Å². The van der Waals surface area contributed by atoms with Gasteiger partial charge in [0.1, 0.15) is 28.8 Å². The summed E-state index contributed by atoms with van der Waals surface area (Å²) in [6, 6.07) is 17.0. The fourth-order valence-corrected chi connectivity index (χ4v) is 3.96. The van der Waals surface area contributed by atoms with Crippen LogP contribution in [0.25, 0.3) is 0 Å². The predicted octanol–water partition coefficient (Wildman–Crippen LogP) is 3.92. The number of nitrogens with one attached hydrogen (secondary N) is 1. The van der Waals surface area contributed by atoms with Gasteiger partial charge in [0.25, 0.3) is 5.91 Å². The maximum absolute atomic E-state index is 13.3. The molecule has 0 fully saturated rings. The Balaban J connectivity index is 1.77. The van der Waals surface area contributed by atoms with Gasteiger partial charge in [-0.25, -0.2) is 17.1 Å². The van der Waals surface area contributed by atoms with Gasteiger partial charge in [0.2, 0.25) is 10.0 Å². The Labute approximate surface area is 186 Å². The second kappa shape index (κ2) is 9.80. The standard InChI is InChI=1S/C23H23FN2O5S/c1-26(2)32(28,29)22-13-17(10-11-21(22)30-3)23(27)25-19-8-4-6-16(12-19)15-31-20-9-5-7-18(24)14-20/h4-14H,15H2,1-3H3,(H,25,27). The van der Waals surface area contributed by atoms with E-state index in [1.165, 1.54) is 51.5 Å². The molecule has 168 valence electrons. The Bertz CT molecular complexity index is 1230. The van der Waals surface area contributed by atoms with Crippen LogP contribution < -0.4 is 14.8 Å². The molecule has 0 aromatic heterocycles. The van der Waals surface area contributed by atoms with Gasteiger partial charge in [-0.05, 0) is 48.0 Å². The molecule has 1 amide bonds. The molecule has 32 heavy (non-hydrogen) atoms. The predicted molar refractivity (Wildman–Crippen MR) is 119 cm³/mol. The van der Waals surface area contributed by atoms with E-state index in [1.54, 1.807) is 30.3 Å². The average molecular weight is 459 g/mol. The fraction of sp³-hybridized carbons (Fsp3) is 0.174. The van der Waals surface area contributed by atoms with E-state index in [0.717, 1.165) is 9.87 Å². The summed E-state index contributed by atoms with van der Waals surface area (Å²) in [4.78, 5) is 12.7. The smallest absolute Gasteiger partial charge is 0.255 e. The third-order valence-electron chi connectivity index (χ3n) is 4.57. The van der Waals surface area contributed by atoms with Crippen molar-refractivity contribution in [2.24, 2.45) is 0 Å². The summed E-state index contributed by atoms with van der Waals surface area (Å²) in [6.07, 6.45) is 0. The van der Waals surface area contributed by atoms with Crippen LogP contribution in [0.4, 0.5) is 10.1 Å². The van der Waals surface area contributed by atoms with Crippen molar-refractivity contribution in [3.05, 3.63) is 83.7 Å². The van der Waals surface area contributed by atoms with Crippen LogP contribution in [0.15, 0.2) is 71.6 Å². The van der Waals surface area contributed by atoms with Crippen LogP contribution in [0.3, 0.4) is 0 Å². The quantitative estimate of drug-likeness (QED) is 0.553. The average Bonchev–Trinajstić information content (AvgIpc) is 2.77. The molecule has 0 aliphatic rings. The molecule has 0 atom stereocenters. The van der Waals surface area contributed by atoms with E-state index >= 15 is 0 Å². The summed E-state index contributed by atoms with van der Waals surface area (Å²) in [5.74, 6) is -0.330. The number of hydrogen-bond donors (Lipinski definition) is 1. The van der Waals surface area contributed by atoms with Gasteiger partial charge in [0, 0.05) is 31.4 Å². The first kappa shape index (κ1) is 23.2. The highest BCUT2D eigenvalue weighted by Gasteiger charge is 2.24. The normalized spacial score (nSPS) is 11.3. The largest absolute Gasteiger partial charge is 0.495 e. The number of methoxy groups -OCH3 is 1. The minimum Gasteiger partial charge on any atom is -0.495 e. The van der Waals surface area contributed by atoms with Crippen molar-refractivity contribution < 1.29 is 27.1 Å². The van der Waals surface area contributed by atoms with E-state index < -0.39 is 21.7 Å². The number of ether oxygens (including phenoxy) is 2. The zero-order valence-corrected chi connectivity index (χ0v) is 18.6. The zero-order chi connectivity index (χ0) is 23.3. The summed E-state index contributed by atoms with van der Waals surface area (Å²) in [6.45, 7) is 0.181. The monoisotopic (exact) mass is 458 g/mol. The van der Waals surface area contributed by atoms with E-state index in [0.29, 0.717) is 11.4 Å². The van der Waals surface area contributed by atoms with Crippen LogP contribution in [-0.2, 0) is 16.6 Å². The maximum Gasteiger partial charge on any atom is 0.255 e. The van der Waals surface area contributed by atoms with Crippen molar-refractivity contribution in [3.63, 3.8) is 0 Å². The molecule has 0 saturated heterocycles. The summed E-state index contributed by atoms with van der Waals surface area (Å²) >= 11 is 0. The molecule has 0 aliphatic heterocycles. The molecule has 0 saturated carbocycles. The number of rotatable bonds is 8. The number of amides is 1. The lowest BCUT2D eigenvalue weighted by Gasteiger charge is -2.15. The van der Waals surface area contributed by atoms with Crippen LogP contribution in [0.1, 0.15) is 15.9 Å². The lowest BCUT2D eigenvalue weighted by Crippen LogP contribution is -2.23. The molecule has 3 aromatic rings. The van der Waals surface area contributed by atoms with E-state index in [9.17, 15) is 17.6 Å². The van der Waals surface area contributed by atoms with Gasteiger partial charge >= 0.3 is 0 Å². The molecular weight excluding hydrogens is 435 g/mol. The van der Waals surface area contributed by atoms with Crippen LogP contribution in [0, 0.1) is 5.82 Å². The molecule has 0 aliphatic carbocycles. The van der Waals surface area contributed by atoms with Crippen LogP contribution in [-0.4, -0.2) is 39.8 Å².